The Morgan fingerprint density at radius 1 is 1.09 bits per heavy atom. The normalized spacial score (nSPS) is 13.7. The lowest BCUT2D eigenvalue weighted by Gasteiger charge is -2.26. The Labute approximate surface area is 264 Å². The van der Waals surface area contributed by atoms with Gasteiger partial charge in [0, 0.05) is 42.8 Å². The zero-order valence-electron chi connectivity index (χ0n) is 24.0. The maximum Gasteiger partial charge on any atom is 0.244 e. The second-order valence-corrected chi connectivity index (χ2v) is 10.8. The Morgan fingerprint density at radius 2 is 1.93 bits per heavy atom. The molecule has 4 aromatic rings. The van der Waals surface area contributed by atoms with Gasteiger partial charge in [-0.05, 0) is 42.3 Å². The van der Waals surface area contributed by atoms with Crippen LogP contribution in [0.4, 0.5) is 4.39 Å². The number of nitrogens with zero attached hydrogens (tertiary/aromatic N) is 3. The van der Waals surface area contributed by atoms with Gasteiger partial charge < -0.3 is 18.9 Å². The van der Waals surface area contributed by atoms with E-state index in [9.17, 15) is 4.79 Å². The van der Waals surface area contributed by atoms with Crippen LogP contribution in [0.3, 0.4) is 0 Å². The van der Waals surface area contributed by atoms with E-state index < -0.39 is 11.7 Å². The molecule has 1 N–H and O–H groups in total. The van der Waals surface area contributed by atoms with Crippen LogP contribution < -0.4 is 19.6 Å². The number of methoxy groups -OCH3 is 1. The van der Waals surface area contributed by atoms with Crippen LogP contribution in [0.15, 0.2) is 65.9 Å². The van der Waals surface area contributed by atoms with Gasteiger partial charge in [-0.2, -0.15) is 5.10 Å². The van der Waals surface area contributed by atoms with E-state index >= 15 is 4.39 Å². The van der Waals surface area contributed by atoms with Gasteiger partial charge >= 0.3 is 0 Å². The molecule has 5 rings (SSSR count). The van der Waals surface area contributed by atoms with Crippen molar-refractivity contribution in [2.75, 3.05) is 46.6 Å². The first-order valence-electron chi connectivity index (χ1n) is 14.0. The van der Waals surface area contributed by atoms with Gasteiger partial charge in [-0.3, -0.25) is 14.7 Å². The third kappa shape index (κ3) is 8.15. The van der Waals surface area contributed by atoms with Crippen molar-refractivity contribution in [2.24, 2.45) is 5.10 Å². The van der Waals surface area contributed by atoms with Crippen molar-refractivity contribution in [2.45, 2.75) is 12.8 Å². The fourth-order valence-electron chi connectivity index (χ4n) is 4.66. The molecule has 1 saturated heterocycles. The number of hydrazone groups is 1. The number of morpholine rings is 1. The van der Waals surface area contributed by atoms with E-state index in [1.165, 1.54) is 18.3 Å². The maximum atomic E-state index is 15.1. The Kier molecular flexibility index (Phi) is 10.8. The molecule has 1 aliphatic heterocycles. The smallest absolute Gasteiger partial charge is 0.244 e. The molecule has 0 aliphatic carbocycles. The van der Waals surface area contributed by atoms with Crippen LogP contribution >= 0.6 is 23.2 Å². The molecule has 3 aromatic carbocycles. The number of hydrogen-bond acceptors (Lipinski definition) is 8. The van der Waals surface area contributed by atoms with E-state index in [-0.39, 0.29) is 12.2 Å². The number of aromatic nitrogens is 1. The number of benzene rings is 3. The number of hydrogen-bond donors (Lipinski definition) is 1. The molecule has 44 heavy (non-hydrogen) atoms. The van der Waals surface area contributed by atoms with Gasteiger partial charge in [0.15, 0.2) is 23.1 Å². The van der Waals surface area contributed by atoms with Crippen molar-refractivity contribution < 1.29 is 28.1 Å². The second-order valence-electron chi connectivity index (χ2n) is 9.97. The van der Waals surface area contributed by atoms with E-state index in [1.54, 1.807) is 55.8 Å². The van der Waals surface area contributed by atoms with Gasteiger partial charge in [0.05, 0.1) is 55.1 Å². The zero-order chi connectivity index (χ0) is 30.9. The monoisotopic (exact) mass is 640 g/mol. The molecule has 0 radical (unpaired) electrons. The molecule has 1 aromatic heterocycles. The van der Waals surface area contributed by atoms with Gasteiger partial charge in [0.1, 0.15) is 5.75 Å². The number of pyridine rings is 1. The number of fused-ring (bicyclic) bond motifs is 1. The Bertz CT molecular complexity index is 1650. The van der Waals surface area contributed by atoms with Crippen molar-refractivity contribution in [3.63, 3.8) is 0 Å². The Morgan fingerprint density at radius 3 is 2.73 bits per heavy atom. The summed E-state index contributed by atoms with van der Waals surface area (Å²) < 4.78 is 38.0. The van der Waals surface area contributed by atoms with Gasteiger partial charge in [-0.25, -0.2) is 9.82 Å². The summed E-state index contributed by atoms with van der Waals surface area (Å²) in [6.07, 6.45) is 3.74. The number of ether oxygens (including phenoxy) is 4. The number of amides is 1. The van der Waals surface area contributed by atoms with E-state index in [1.807, 2.05) is 0 Å². The maximum absolute atomic E-state index is 15.1. The van der Waals surface area contributed by atoms with E-state index in [2.05, 4.69) is 20.4 Å². The summed E-state index contributed by atoms with van der Waals surface area (Å²) in [5.74, 6) is 0.424. The lowest BCUT2D eigenvalue weighted by atomic mass is 10.1. The van der Waals surface area contributed by atoms with Crippen molar-refractivity contribution in [3.8, 4) is 23.0 Å². The molecule has 0 unspecified atom stereocenters. The predicted octanol–water partition coefficient (Wildman–Crippen LogP) is 6.28. The number of carbonyl (C=O) groups excluding carboxylic acids is 1. The van der Waals surface area contributed by atoms with Gasteiger partial charge in [-0.15, -0.1) is 0 Å². The first-order chi connectivity index (χ1) is 21.4. The quantitative estimate of drug-likeness (QED) is 0.111. The number of halogens is 3. The number of carbonyl (C=O) groups is 1. The Balaban J connectivity index is 1.21. The van der Waals surface area contributed by atoms with E-state index in [4.69, 9.17) is 42.1 Å². The summed E-state index contributed by atoms with van der Waals surface area (Å²) >= 11 is 12.1. The van der Waals surface area contributed by atoms with E-state index in [0.717, 1.165) is 39.3 Å². The summed E-state index contributed by atoms with van der Waals surface area (Å²) in [6, 6.07) is 14.6. The summed E-state index contributed by atoms with van der Waals surface area (Å²) in [4.78, 5) is 19.2. The lowest BCUT2D eigenvalue weighted by Crippen LogP contribution is -2.37. The van der Waals surface area contributed by atoms with Crippen molar-refractivity contribution >= 4 is 46.2 Å². The molecule has 1 amide bonds. The van der Waals surface area contributed by atoms with Crippen molar-refractivity contribution in [1.82, 2.24) is 15.3 Å². The van der Waals surface area contributed by atoms with Crippen LogP contribution in [0.1, 0.15) is 17.5 Å². The number of nitrogens with one attached hydrogen (secondary N) is 1. The Hall–Kier alpha value is -3.96. The predicted molar refractivity (Wildman–Crippen MR) is 168 cm³/mol. The van der Waals surface area contributed by atoms with Gasteiger partial charge in [-0.1, -0.05) is 41.4 Å². The average Bonchev–Trinajstić information content (AvgIpc) is 3.03. The second kappa shape index (κ2) is 15.2. The molecular formula is C32H31Cl2FN4O5. The minimum Gasteiger partial charge on any atom is -0.493 e. The molecule has 1 fully saturated rings. The molecule has 12 heteroatoms. The fraction of sp³-hybridized carbons (Fsp3) is 0.281. The molecular weight excluding hydrogens is 610 g/mol. The van der Waals surface area contributed by atoms with Crippen LogP contribution in [-0.2, 0) is 16.0 Å². The van der Waals surface area contributed by atoms with Crippen molar-refractivity contribution in [3.05, 3.63) is 87.8 Å². The SMILES string of the molecule is COc1cc2c(Oc3ccc(CC(=O)N/N=C/c4cccc(Cl)c4Cl)cc3F)ccnc2cc1OCCCN1CCOCC1. The molecule has 0 atom stereocenters. The molecule has 0 saturated carbocycles. The highest BCUT2D eigenvalue weighted by molar-refractivity contribution is 6.43. The average molecular weight is 642 g/mol. The highest BCUT2D eigenvalue weighted by atomic mass is 35.5. The number of rotatable bonds is 12. The van der Waals surface area contributed by atoms with Crippen LogP contribution in [-0.4, -0.2) is 68.6 Å². The van der Waals surface area contributed by atoms with E-state index in [0.29, 0.717) is 55.9 Å². The summed E-state index contributed by atoms with van der Waals surface area (Å²) in [7, 11) is 1.56. The summed E-state index contributed by atoms with van der Waals surface area (Å²) in [6.45, 7) is 4.84. The topological polar surface area (TPSA) is 94.5 Å². The van der Waals surface area contributed by atoms with Crippen LogP contribution in [0.2, 0.25) is 10.0 Å². The van der Waals surface area contributed by atoms with Crippen LogP contribution in [0, 0.1) is 5.82 Å². The molecule has 230 valence electrons. The zero-order valence-corrected chi connectivity index (χ0v) is 25.5. The molecule has 0 bridgehead atoms. The highest BCUT2D eigenvalue weighted by Gasteiger charge is 2.15. The molecule has 1 aliphatic rings. The minimum atomic E-state index is -0.623. The first-order valence-corrected chi connectivity index (χ1v) is 14.8. The molecule has 0 spiro atoms. The molecule has 2 heterocycles. The standard InChI is InChI=1S/C32H31Cl2FN4O5/c1-41-29-18-23-26(19-30(29)43-13-3-10-39-11-14-42-15-12-39)36-9-8-27(23)44-28-7-6-21(16-25(28)35)17-31(40)38-37-20-22-4-2-5-24(33)32(22)34/h2,4-9,16,18-20H,3,10-15,17H2,1H3,(H,38,40)/b37-20+. The van der Waals surface area contributed by atoms with Gasteiger partial charge in [0.25, 0.3) is 0 Å². The third-order valence-electron chi connectivity index (χ3n) is 6.92. The summed E-state index contributed by atoms with van der Waals surface area (Å²) in [5.41, 5.74) is 4.01. The third-order valence-corrected chi connectivity index (χ3v) is 7.76. The van der Waals surface area contributed by atoms with Crippen molar-refractivity contribution in [1.29, 1.82) is 0 Å². The van der Waals surface area contributed by atoms with Gasteiger partial charge in [0.2, 0.25) is 5.91 Å². The first kappa shape index (κ1) is 31.5. The highest BCUT2D eigenvalue weighted by Crippen LogP contribution is 2.37. The van der Waals surface area contributed by atoms with Crippen LogP contribution in [0.5, 0.6) is 23.0 Å². The molecule has 9 nitrogen and oxygen atoms in total. The fourth-order valence-corrected chi connectivity index (χ4v) is 5.02. The lowest BCUT2D eigenvalue weighted by molar-refractivity contribution is -0.120. The van der Waals surface area contributed by atoms with Crippen LogP contribution in [0.25, 0.3) is 10.9 Å². The minimum absolute atomic E-state index is 0.00215. The largest absolute Gasteiger partial charge is 0.493 e. The summed E-state index contributed by atoms with van der Waals surface area (Å²) in [5, 5.41) is 5.24.